The van der Waals surface area contributed by atoms with Gasteiger partial charge in [0.15, 0.2) is 0 Å². The first-order valence-corrected chi connectivity index (χ1v) is 8.41. The van der Waals surface area contributed by atoms with Crippen LogP contribution in [0.5, 0.6) is 0 Å². The normalized spacial score (nSPS) is 16.9. The molecule has 0 aliphatic carbocycles. The quantitative estimate of drug-likeness (QED) is 0.927. The van der Waals surface area contributed by atoms with Crippen LogP contribution in [0.4, 0.5) is 0 Å². The molecule has 124 valence electrons. The van der Waals surface area contributed by atoms with Gasteiger partial charge in [-0.1, -0.05) is 41.9 Å². The van der Waals surface area contributed by atoms with E-state index in [0.29, 0.717) is 30.1 Å². The largest absolute Gasteiger partial charge is 0.350 e. The summed E-state index contributed by atoms with van der Waals surface area (Å²) in [6.45, 7) is 1.05. The number of amides is 2. The van der Waals surface area contributed by atoms with E-state index in [1.165, 1.54) is 0 Å². The molecule has 0 saturated carbocycles. The fourth-order valence-electron chi connectivity index (χ4n) is 2.94. The molecule has 1 aliphatic heterocycles. The molecule has 1 fully saturated rings. The van der Waals surface area contributed by atoms with Crippen molar-refractivity contribution < 1.29 is 9.59 Å². The molecule has 1 aliphatic rings. The van der Waals surface area contributed by atoms with Gasteiger partial charge in [-0.05, 0) is 42.7 Å². The zero-order valence-corrected chi connectivity index (χ0v) is 14.0. The van der Waals surface area contributed by atoms with Gasteiger partial charge in [-0.3, -0.25) is 9.59 Å². The van der Waals surface area contributed by atoms with E-state index in [2.05, 4.69) is 5.32 Å². The number of carbonyl (C=O) groups is 2. The topological polar surface area (TPSA) is 49.4 Å². The number of benzene rings is 2. The third-order valence-corrected chi connectivity index (χ3v) is 4.47. The minimum atomic E-state index is -0.398. The van der Waals surface area contributed by atoms with Crippen molar-refractivity contribution in [2.75, 3.05) is 6.54 Å². The van der Waals surface area contributed by atoms with Crippen LogP contribution in [0.1, 0.15) is 28.8 Å². The third-order valence-electron chi connectivity index (χ3n) is 4.22. The van der Waals surface area contributed by atoms with Gasteiger partial charge in [0.25, 0.3) is 5.91 Å². The van der Waals surface area contributed by atoms with Crippen molar-refractivity contribution in [1.82, 2.24) is 10.2 Å². The fraction of sp³-hybridized carbons (Fsp3) is 0.263. The van der Waals surface area contributed by atoms with Crippen molar-refractivity contribution >= 4 is 23.4 Å². The average Bonchev–Trinajstić information content (AvgIpc) is 3.11. The Balaban J connectivity index is 1.63. The first-order chi connectivity index (χ1) is 11.6. The van der Waals surface area contributed by atoms with Crippen molar-refractivity contribution in [1.29, 1.82) is 0 Å². The van der Waals surface area contributed by atoms with Crippen LogP contribution in [0.2, 0.25) is 5.02 Å². The van der Waals surface area contributed by atoms with Crippen LogP contribution in [0.3, 0.4) is 0 Å². The van der Waals surface area contributed by atoms with Gasteiger partial charge in [-0.15, -0.1) is 0 Å². The molecule has 2 amide bonds. The fourth-order valence-corrected chi connectivity index (χ4v) is 3.06. The van der Waals surface area contributed by atoms with Crippen molar-refractivity contribution in [3.63, 3.8) is 0 Å². The summed E-state index contributed by atoms with van der Waals surface area (Å²) in [7, 11) is 0. The number of hydrogen-bond acceptors (Lipinski definition) is 2. The molecule has 0 radical (unpaired) electrons. The minimum Gasteiger partial charge on any atom is -0.350 e. The highest BCUT2D eigenvalue weighted by Gasteiger charge is 2.34. The van der Waals surface area contributed by atoms with Gasteiger partial charge >= 0.3 is 0 Å². The second-order valence-corrected chi connectivity index (χ2v) is 6.30. The highest BCUT2D eigenvalue weighted by molar-refractivity contribution is 6.30. The molecule has 24 heavy (non-hydrogen) atoms. The summed E-state index contributed by atoms with van der Waals surface area (Å²) in [5, 5.41) is 3.59. The monoisotopic (exact) mass is 342 g/mol. The van der Waals surface area contributed by atoms with Gasteiger partial charge in [-0.25, -0.2) is 0 Å². The summed E-state index contributed by atoms with van der Waals surface area (Å²) < 4.78 is 0. The first kappa shape index (κ1) is 16.5. The van der Waals surface area contributed by atoms with E-state index in [1.54, 1.807) is 29.2 Å². The van der Waals surface area contributed by atoms with Gasteiger partial charge in [0.2, 0.25) is 5.91 Å². The highest BCUT2D eigenvalue weighted by Crippen LogP contribution is 2.20. The zero-order valence-electron chi connectivity index (χ0n) is 13.2. The van der Waals surface area contributed by atoms with E-state index in [1.807, 2.05) is 30.3 Å². The van der Waals surface area contributed by atoms with E-state index < -0.39 is 6.04 Å². The van der Waals surface area contributed by atoms with Gasteiger partial charge in [0.1, 0.15) is 6.04 Å². The summed E-state index contributed by atoms with van der Waals surface area (Å²) in [5.74, 6) is -0.188. The van der Waals surface area contributed by atoms with Gasteiger partial charge in [-0.2, -0.15) is 0 Å². The maximum absolute atomic E-state index is 12.6. The minimum absolute atomic E-state index is 0.0836. The summed E-state index contributed by atoms with van der Waals surface area (Å²) in [6.07, 6.45) is 1.54. The number of likely N-dealkylation sites (tertiary alicyclic amines) is 1. The first-order valence-electron chi connectivity index (χ1n) is 8.03. The van der Waals surface area contributed by atoms with E-state index in [9.17, 15) is 9.59 Å². The lowest BCUT2D eigenvalue weighted by Crippen LogP contribution is -2.45. The lowest BCUT2D eigenvalue weighted by Gasteiger charge is -2.24. The van der Waals surface area contributed by atoms with E-state index in [0.717, 1.165) is 12.0 Å². The maximum atomic E-state index is 12.6. The lowest BCUT2D eigenvalue weighted by atomic mass is 10.1. The second kappa shape index (κ2) is 7.49. The van der Waals surface area contributed by atoms with Crippen LogP contribution in [-0.2, 0) is 11.3 Å². The molecule has 1 unspecified atom stereocenters. The molecule has 0 spiro atoms. The lowest BCUT2D eigenvalue weighted by molar-refractivity contribution is -0.125. The van der Waals surface area contributed by atoms with Crippen molar-refractivity contribution in [2.45, 2.75) is 25.4 Å². The molecule has 1 N–H and O–H groups in total. The molecule has 0 bridgehead atoms. The average molecular weight is 343 g/mol. The second-order valence-electron chi connectivity index (χ2n) is 5.87. The Morgan fingerprint density at radius 2 is 1.79 bits per heavy atom. The highest BCUT2D eigenvalue weighted by atomic mass is 35.5. The number of carbonyl (C=O) groups excluding carboxylic acids is 2. The van der Waals surface area contributed by atoms with Crippen LogP contribution in [0, 0.1) is 0 Å². The number of halogens is 1. The predicted molar refractivity (Wildman–Crippen MR) is 93.8 cm³/mol. The maximum Gasteiger partial charge on any atom is 0.254 e. The van der Waals surface area contributed by atoms with Crippen LogP contribution in [0.15, 0.2) is 54.6 Å². The van der Waals surface area contributed by atoms with Crippen molar-refractivity contribution in [2.24, 2.45) is 0 Å². The summed E-state index contributed by atoms with van der Waals surface area (Å²) in [4.78, 5) is 26.8. The smallest absolute Gasteiger partial charge is 0.254 e. The molecule has 3 rings (SSSR count). The number of rotatable bonds is 4. The molecular weight excluding hydrogens is 324 g/mol. The SMILES string of the molecule is O=C(NCc1ccc(Cl)cc1)C1CCCN1C(=O)c1ccccc1. The van der Waals surface area contributed by atoms with E-state index >= 15 is 0 Å². The summed E-state index contributed by atoms with van der Waals surface area (Å²) >= 11 is 5.86. The van der Waals surface area contributed by atoms with Crippen molar-refractivity contribution in [3.05, 3.63) is 70.7 Å². The molecule has 4 nitrogen and oxygen atoms in total. The van der Waals surface area contributed by atoms with Crippen LogP contribution in [0.25, 0.3) is 0 Å². The predicted octanol–water partition coefficient (Wildman–Crippen LogP) is 3.26. The van der Waals surface area contributed by atoms with E-state index in [4.69, 9.17) is 11.6 Å². The molecule has 5 heteroatoms. The van der Waals surface area contributed by atoms with Crippen molar-refractivity contribution in [3.8, 4) is 0 Å². The van der Waals surface area contributed by atoms with Crippen LogP contribution in [-0.4, -0.2) is 29.3 Å². The number of hydrogen-bond donors (Lipinski definition) is 1. The number of nitrogens with one attached hydrogen (secondary N) is 1. The molecule has 1 heterocycles. The Kier molecular flexibility index (Phi) is 5.16. The summed E-state index contributed by atoms with van der Waals surface area (Å²) in [6, 6.07) is 16.0. The summed E-state index contributed by atoms with van der Waals surface area (Å²) in [5.41, 5.74) is 1.60. The molecule has 0 aromatic heterocycles. The Hall–Kier alpha value is -2.33. The Labute approximate surface area is 146 Å². The van der Waals surface area contributed by atoms with Gasteiger partial charge < -0.3 is 10.2 Å². The Bertz CT molecular complexity index is 716. The zero-order chi connectivity index (χ0) is 16.9. The van der Waals surface area contributed by atoms with Gasteiger partial charge in [0, 0.05) is 23.7 Å². The van der Waals surface area contributed by atoms with Crippen LogP contribution < -0.4 is 5.32 Å². The molecule has 1 saturated heterocycles. The molecule has 2 aromatic rings. The molecule has 1 atom stereocenters. The Morgan fingerprint density at radius 1 is 1.08 bits per heavy atom. The standard InChI is InChI=1S/C19H19ClN2O2/c20-16-10-8-14(9-11-16)13-21-18(23)17-7-4-12-22(17)19(24)15-5-2-1-3-6-15/h1-3,5-6,8-11,17H,4,7,12-13H2,(H,21,23). The number of nitrogens with zero attached hydrogens (tertiary/aromatic N) is 1. The molecular formula is C19H19ClN2O2. The van der Waals surface area contributed by atoms with E-state index in [-0.39, 0.29) is 11.8 Å². The third kappa shape index (κ3) is 3.77. The van der Waals surface area contributed by atoms with Gasteiger partial charge in [0.05, 0.1) is 0 Å². The Morgan fingerprint density at radius 3 is 2.50 bits per heavy atom. The van der Waals surface area contributed by atoms with Crippen LogP contribution >= 0.6 is 11.6 Å². The molecule has 2 aromatic carbocycles.